The van der Waals surface area contributed by atoms with Crippen molar-refractivity contribution in [3.8, 4) is 0 Å². The standard InChI is InChI=1S/C20H28N2O3/c1-15(21-19(24)13-10-16-6-4-3-5-7-16)20(25)22(2)18-11-8-17(14-23)9-12-18/h3-7,10,13,15,17-18,23H,8-9,11-12,14H2,1-2H3,(H,21,24)/b13-10+. The van der Waals surface area contributed by atoms with Crippen LogP contribution in [0.4, 0.5) is 0 Å². The SMILES string of the molecule is CC(NC(=O)/C=C/c1ccccc1)C(=O)N(C)C1CCC(CO)CC1. The van der Waals surface area contributed by atoms with Gasteiger partial charge < -0.3 is 15.3 Å². The van der Waals surface area contributed by atoms with Gasteiger partial charge in [-0.05, 0) is 50.2 Å². The Morgan fingerprint density at radius 1 is 1.24 bits per heavy atom. The Morgan fingerprint density at radius 3 is 2.48 bits per heavy atom. The zero-order valence-electron chi connectivity index (χ0n) is 15.0. The molecule has 2 amide bonds. The molecule has 0 saturated heterocycles. The fourth-order valence-electron chi connectivity index (χ4n) is 3.26. The van der Waals surface area contributed by atoms with Crippen LogP contribution in [0.1, 0.15) is 38.2 Å². The van der Waals surface area contributed by atoms with Gasteiger partial charge in [-0.15, -0.1) is 0 Å². The first-order chi connectivity index (χ1) is 12.0. The number of nitrogens with one attached hydrogen (secondary N) is 1. The van der Waals surface area contributed by atoms with Gasteiger partial charge in [0.2, 0.25) is 11.8 Å². The van der Waals surface area contributed by atoms with Crippen molar-refractivity contribution in [1.82, 2.24) is 10.2 Å². The van der Waals surface area contributed by atoms with Crippen molar-refractivity contribution < 1.29 is 14.7 Å². The number of amides is 2. The molecule has 136 valence electrons. The molecule has 25 heavy (non-hydrogen) atoms. The van der Waals surface area contributed by atoms with Crippen LogP contribution in [-0.2, 0) is 9.59 Å². The van der Waals surface area contributed by atoms with E-state index in [4.69, 9.17) is 0 Å². The third-order valence-corrected chi connectivity index (χ3v) is 4.93. The summed E-state index contributed by atoms with van der Waals surface area (Å²) in [4.78, 5) is 26.3. The molecule has 1 aromatic carbocycles. The van der Waals surface area contributed by atoms with Crippen LogP contribution in [0.15, 0.2) is 36.4 Å². The Labute approximate surface area is 149 Å². The van der Waals surface area contributed by atoms with Gasteiger partial charge in [-0.1, -0.05) is 30.3 Å². The highest BCUT2D eigenvalue weighted by Crippen LogP contribution is 2.26. The smallest absolute Gasteiger partial charge is 0.244 e. The van der Waals surface area contributed by atoms with Gasteiger partial charge in [0.25, 0.3) is 0 Å². The molecule has 1 aliphatic carbocycles. The number of carbonyl (C=O) groups is 2. The van der Waals surface area contributed by atoms with E-state index >= 15 is 0 Å². The molecule has 0 radical (unpaired) electrons. The monoisotopic (exact) mass is 344 g/mol. The zero-order chi connectivity index (χ0) is 18.2. The lowest BCUT2D eigenvalue weighted by molar-refractivity contribution is -0.136. The van der Waals surface area contributed by atoms with Gasteiger partial charge >= 0.3 is 0 Å². The van der Waals surface area contributed by atoms with Crippen molar-refractivity contribution in [2.24, 2.45) is 5.92 Å². The van der Waals surface area contributed by atoms with Gasteiger partial charge in [0.15, 0.2) is 0 Å². The maximum atomic E-state index is 12.5. The average molecular weight is 344 g/mol. The molecule has 2 rings (SSSR count). The van der Waals surface area contributed by atoms with Crippen molar-refractivity contribution in [1.29, 1.82) is 0 Å². The van der Waals surface area contributed by atoms with E-state index in [2.05, 4.69) is 5.32 Å². The van der Waals surface area contributed by atoms with E-state index < -0.39 is 6.04 Å². The van der Waals surface area contributed by atoms with Gasteiger partial charge in [-0.3, -0.25) is 9.59 Å². The van der Waals surface area contributed by atoms with Crippen LogP contribution in [-0.4, -0.2) is 47.6 Å². The number of rotatable bonds is 6. The lowest BCUT2D eigenvalue weighted by Crippen LogP contribution is -2.49. The van der Waals surface area contributed by atoms with Crippen molar-refractivity contribution >= 4 is 17.9 Å². The molecule has 0 aliphatic heterocycles. The van der Waals surface area contributed by atoms with Gasteiger partial charge in [0, 0.05) is 25.8 Å². The quantitative estimate of drug-likeness (QED) is 0.778. The van der Waals surface area contributed by atoms with Crippen LogP contribution >= 0.6 is 0 Å². The number of hydrogen-bond donors (Lipinski definition) is 2. The van der Waals surface area contributed by atoms with Crippen LogP contribution in [0.5, 0.6) is 0 Å². The topological polar surface area (TPSA) is 69.6 Å². The third-order valence-electron chi connectivity index (χ3n) is 4.93. The zero-order valence-corrected chi connectivity index (χ0v) is 15.0. The predicted molar refractivity (Wildman–Crippen MR) is 98.7 cm³/mol. The summed E-state index contributed by atoms with van der Waals surface area (Å²) in [5.41, 5.74) is 0.939. The molecule has 1 unspecified atom stereocenters. The van der Waals surface area contributed by atoms with Crippen molar-refractivity contribution in [3.63, 3.8) is 0 Å². The lowest BCUT2D eigenvalue weighted by Gasteiger charge is -2.35. The molecule has 1 saturated carbocycles. The molecule has 2 N–H and O–H groups in total. The van der Waals surface area contributed by atoms with Crippen molar-refractivity contribution in [3.05, 3.63) is 42.0 Å². The van der Waals surface area contributed by atoms with Crippen LogP contribution < -0.4 is 5.32 Å². The van der Waals surface area contributed by atoms with Crippen molar-refractivity contribution in [2.75, 3.05) is 13.7 Å². The minimum Gasteiger partial charge on any atom is -0.396 e. The molecule has 1 aromatic rings. The highest BCUT2D eigenvalue weighted by atomic mass is 16.3. The Kier molecular flexibility index (Phi) is 7.19. The highest BCUT2D eigenvalue weighted by molar-refractivity contribution is 5.95. The second kappa shape index (κ2) is 9.37. The highest BCUT2D eigenvalue weighted by Gasteiger charge is 2.28. The molecule has 0 aromatic heterocycles. The second-order valence-electron chi connectivity index (χ2n) is 6.78. The van der Waals surface area contributed by atoms with Crippen LogP contribution in [0.25, 0.3) is 6.08 Å². The molecular formula is C20H28N2O3. The summed E-state index contributed by atoms with van der Waals surface area (Å²) in [5.74, 6) is 0.0102. The predicted octanol–water partition coefficient (Wildman–Crippen LogP) is 2.21. The maximum Gasteiger partial charge on any atom is 0.244 e. The van der Waals surface area contributed by atoms with E-state index in [0.717, 1.165) is 31.2 Å². The minimum absolute atomic E-state index is 0.0751. The number of aliphatic hydroxyl groups excluding tert-OH is 1. The number of likely N-dealkylation sites (N-methyl/N-ethyl adjacent to an activating group) is 1. The first kappa shape index (κ1) is 19.2. The first-order valence-electron chi connectivity index (χ1n) is 8.92. The molecule has 0 bridgehead atoms. The molecule has 0 spiro atoms. The largest absolute Gasteiger partial charge is 0.396 e. The lowest BCUT2D eigenvalue weighted by atomic mass is 9.86. The van der Waals surface area contributed by atoms with E-state index in [9.17, 15) is 14.7 Å². The van der Waals surface area contributed by atoms with E-state index in [1.165, 1.54) is 6.08 Å². The third kappa shape index (κ3) is 5.71. The van der Waals surface area contributed by atoms with E-state index in [0.29, 0.717) is 5.92 Å². The molecular weight excluding hydrogens is 316 g/mol. The normalized spacial score (nSPS) is 21.7. The van der Waals surface area contributed by atoms with Crippen LogP contribution in [0.2, 0.25) is 0 Å². The van der Waals surface area contributed by atoms with E-state index in [-0.39, 0.29) is 24.5 Å². The van der Waals surface area contributed by atoms with Crippen LogP contribution in [0.3, 0.4) is 0 Å². The Hall–Kier alpha value is -2.14. The molecule has 1 aliphatic rings. The second-order valence-corrected chi connectivity index (χ2v) is 6.78. The summed E-state index contributed by atoms with van der Waals surface area (Å²) in [7, 11) is 1.80. The fraction of sp³-hybridized carbons (Fsp3) is 0.500. The summed E-state index contributed by atoms with van der Waals surface area (Å²) in [6.07, 6.45) is 6.88. The summed E-state index contributed by atoms with van der Waals surface area (Å²) in [5, 5.41) is 11.9. The van der Waals surface area contributed by atoms with E-state index in [1.807, 2.05) is 30.3 Å². The van der Waals surface area contributed by atoms with Crippen LogP contribution in [0, 0.1) is 5.92 Å². The van der Waals surface area contributed by atoms with Gasteiger partial charge in [0.1, 0.15) is 6.04 Å². The Morgan fingerprint density at radius 2 is 1.88 bits per heavy atom. The Bertz CT molecular complexity index is 592. The summed E-state index contributed by atoms with van der Waals surface area (Å²) < 4.78 is 0. The number of benzene rings is 1. The Balaban J connectivity index is 1.83. The molecule has 5 nitrogen and oxygen atoms in total. The fourth-order valence-corrected chi connectivity index (χ4v) is 3.26. The summed E-state index contributed by atoms with van der Waals surface area (Å²) in [6.45, 7) is 1.94. The van der Waals surface area contributed by atoms with Gasteiger partial charge in [0.05, 0.1) is 0 Å². The van der Waals surface area contributed by atoms with Gasteiger partial charge in [-0.25, -0.2) is 0 Å². The number of carbonyl (C=O) groups excluding carboxylic acids is 2. The number of nitrogens with zero attached hydrogens (tertiary/aromatic N) is 1. The van der Waals surface area contributed by atoms with E-state index in [1.54, 1.807) is 24.9 Å². The molecule has 1 atom stereocenters. The summed E-state index contributed by atoms with van der Waals surface area (Å²) in [6, 6.07) is 9.18. The molecule has 1 fully saturated rings. The molecule has 5 heteroatoms. The molecule has 0 heterocycles. The maximum absolute atomic E-state index is 12.5. The average Bonchev–Trinajstić information content (AvgIpc) is 2.66. The van der Waals surface area contributed by atoms with Crippen molar-refractivity contribution in [2.45, 2.75) is 44.7 Å². The number of hydrogen-bond acceptors (Lipinski definition) is 3. The van der Waals surface area contributed by atoms with Gasteiger partial charge in [-0.2, -0.15) is 0 Å². The first-order valence-corrected chi connectivity index (χ1v) is 8.92. The summed E-state index contributed by atoms with van der Waals surface area (Å²) >= 11 is 0. The minimum atomic E-state index is -0.562. The number of aliphatic hydroxyl groups is 1.